The number of nitrogens with zero attached hydrogens (tertiary/aromatic N) is 1. The van der Waals surface area contributed by atoms with Gasteiger partial charge < -0.3 is 20.1 Å². The van der Waals surface area contributed by atoms with E-state index in [4.69, 9.17) is 9.47 Å². The van der Waals surface area contributed by atoms with Gasteiger partial charge in [0.05, 0.1) is 13.2 Å². The van der Waals surface area contributed by atoms with Gasteiger partial charge in [0.15, 0.2) is 6.61 Å². The lowest BCUT2D eigenvalue weighted by molar-refractivity contribution is -0.118. The standard InChI is InChI=1S/C29H33N3O4/c1-21-8-10-22(11-9-21)27(32-16-3-4-17-32)19-30-29(34)23-12-14-25(15-13-23)36-20-28(33)31-24-6-5-7-26(18-24)35-2/h5-15,18,27H,3-4,16-17,19-20H2,1-2H3,(H,30,34)(H,31,33). The van der Waals surface area contributed by atoms with Crippen LogP contribution in [0, 0.1) is 6.92 Å². The van der Waals surface area contributed by atoms with Crippen LogP contribution in [-0.2, 0) is 4.79 Å². The van der Waals surface area contributed by atoms with E-state index in [0.717, 1.165) is 13.1 Å². The van der Waals surface area contributed by atoms with Gasteiger partial charge in [0.1, 0.15) is 11.5 Å². The van der Waals surface area contributed by atoms with Gasteiger partial charge in [-0.3, -0.25) is 14.5 Å². The van der Waals surface area contributed by atoms with Crippen molar-refractivity contribution >= 4 is 17.5 Å². The van der Waals surface area contributed by atoms with Crippen LogP contribution in [0.2, 0.25) is 0 Å². The fourth-order valence-electron chi connectivity index (χ4n) is 4.34. The van der Waals surface area contributed by atoms with Crippen molar-refractivity contribution in [3.63, 3.8) is 0 Å². The first-order valence-corrected chi connectivity index (χ1v) is 12.3. The number of nitrogens with one attached hydrogen (secondary N) is 2. The molecular formula is C29H33N3O4. The monoisotopic (exact) mass is 487 g/mol. The van der Waals surface area contributed by atoms with Crippen molar-refractivity contribution in [3.05, 3.63) is 89.5 Å². The van der Waals surface area contributed by atoms with Gasteiger partial charge in [0.25, 0.3) is 11.8 Å². The van der Waals surface area contributed by atoms with Crippen LogP contribution in [0.3, 0.4) is 0 Å². The number of methoxy groups -OCH3 is 1. The summed E-state index contributed by atoms with van der Waals surface area (Å²) in [6, 6.07) is 22.6. The number of likely N-dealkylation sites (tertiary alicyclic amines) is 1. The van der Waals surface area contributed by atoms with Crippen molar-refractivity contribution < 1.29 is 19.1 Å². The Labute approximate surface area is 212 Å². The molecule has 3 aromatic rings. The molecule has 1 saturated heterocycles. The van der Waals surface area contributed by atoms with Crippen LogP contribution in [0.15, 0.2) is 72.8 Å². The average molecular weight is 488 g/mol. The molecule has 1 atom stereocenters. The lowest BCUT2D eigenvalue weighted by Gasteiger charge is -2.28. The largest absolute Gasteiger partial charge is 0.497 e. The molecule has 0 aliphatic carbocycles. The molecule has 0 radical (unpaired) electrons. The lowest BCUT2D eigenvalue weighted by Crippen LogP contribution is -2.36. The van der Waals surface area contributed by atoms with Gasteiger partial charge in [0.2, 0.25) is 0 Å². The minimum atomic E-state index is -0.283. The van der Waals surface area contributed by atoms with E-state index in [1.165, 1.54) is 24.0 Å². The van der Waals surface area contributed by atoms with Crippen molar-refractivity contribution in [1.82, 2.24) is 10.2 Å². The van der Waals surface area contributed by atoms with Crippen LogP contribution in [0.25, 0.3) is 0 Å². The summed E-state index contributed by atoms with van der Waals surface area (Å²) in [6.07, 6.45) is 2.38. The minimum absolute atomic E-state index is 0.131. The Morgan fingerprint density at radius 3 is 2.36 bits per heavy atom. The van der Waals surface area contributed by atoms with Crippen molar-refractivity contribution in [2.24, 2.45) is 0 Å². The first-order chi connectivity index (χ1) is 17.5. The zero-order valence-electron chi connectivity index (χ0n) is 20.8. The molecule has 188 valence electrons. The molecule has 2 amide bonds. The highest BCUT2D eigenvalue weighted by Gasteiger charge is 2.24. The van der Waals surface area contributed by atoms with E-state index < -0.39 is 0 Å². The molecule has 3 aromatic carbocycles. The SMILES string of the molecule is COc1cccc(NC(=O)COc2ccc(C(=O)NCC(c3ccc(C)cc3)N3CCCC3)cc2)c1. The lowest BCUT2D eigenvalue weighted by atomic mass is 10.0. The van der Waals surface area contributed by atoms with Crippen LogP contribution in [0.1, 0.15) is 40.4 Å². The van der Waals surface area contributed by atoms with Gasteiger partial charge in [-0.05, 0) is 74.8 Å². The third-order valence-electron chi connectivity index (χ3n) is 6.34. The van der Waals surface area contributed by atoms with Crippen LogP contribution >= 0.6 is 0 Å². The molecule has 1 fully saturated rings. The number of amides is 2. The normalized spacial score (nSPS) is 14.2. The molecular weight excluding hydrogens is 454 g/mol. The van der Waals surface area contributed by atoms with Gasteiger partial charge in [0, 0.05) is 23.9 Å². The third kappa shape index (κ3) is 6.86. The Bertz CT molecular complexity index is 1160. The van der Waals surface area contributed by atoms with Crippen LogP contribution in [0.4, 0.5) is 5.69 Å². The van der Waals surface area contributed by atoms with E-state index in [0.29, 0.717) is 29.3 Å². The number of rotatable bonds is 10. The Balaban J connectivity index is 1.29. The summed E-state index contributed by atoms with van der Waals surface area (Å²) in [6.45, 7) is 4.58. The highest BCUT2D eigenvalue weighted by Crippen LogP contribution is 2.25. The molecule has 36 heavy (non-hydrogen) atoms. The van der Waals surface area contributed by atoms with Crippen LogP contribution in [-0.4, -0.2) is 50.1 Å². The highest BCUT2D eigenvalue weighted by molar-refractivity contribution is 5.94. The zero-order valence-corrected chi connectivity index (χ0v) is 20.8. The number of hydrogen-bond acceptors (Lipinski definition) is 5. The van der Waals surface area contributed by atoms with Gasteiger partial charge in [-0.25, -0.2) is 0 Å². The topological polar surface area (TPSA) is 79.9 Å². The molecule has 1 aliphatic rings. The number of benzene rings is 3. The summed E-state index contributed by atoms with van der Waals surface area (Å²) >= 11 is 0. The number of carbonyl (C=O) groups excluding carboxylic acids is 2. The molecule has 7 heteroatoms. The molecule has 0 saturated carbocycles. The Hall–Kier alpha value is -3.84. The maximum absolute atomic E-state index is 12.8. The molecule has 7 nitrogen and oxygen atoms in total. The summed E-state index contributed by atoms with van der Waals surface area (Å²) in [5.41, 5.74) is 3.63. The van der Waals surface area contributed by atoms with Gasteiger partial charge in [-0.15, -0.1) is 0 Å². The second-order valence-electron chi connectivity index (χ2n) is 8.97. The molecule has 4 rings (SSSR count). The summed E-state index contributed by atoms with van der Waals surface area (Å²) in [5.74, 6) is 0.762. The molecule has 1 aliphatic heterocycles. The van der Waals surface area contributed by atoms with Crippen molar-refractivity contribution in [2.75, 3.05) is 38.7 Å². The second-order valence-corrected chi connectivity index (χ2v) is 8.97. The number of hydrogen-bond donors (Lipinski definition) is 2. The van der Waals surface area contributed by atoms with Crippen molar-refractivity contribution in [2.45, 2.75) is 25.8 Å². The smallest absolute Gasteiger partial charge is 0.262 e. The predicted octanol–water partition coefficient (Wildman–Crippen LogP) is 4.59. The van der Waals surface area contributed by atoms with Crippen molar-refractivity contribution in [3.8, 4) is 11.5 Å². The van der Waals surface area contributed by atoms with E-state index in [-0.39, 0.29) is 24.5 Å². The van der Waals surface area contributed by atoms with E-state index in [2.05, 4.69) is 46.7 Å². The second kappa shape index (κ2) is 12.2. The molecule has 0 bridgehead atoms. The van der Waals surface area contributed by atoms with Gasteiger partial charge >= 0.3 is 0 Å². The number of ether oxygens (including phenoxy) is 2. The maximum Gasteiger partial charge on any atom is 0.262 e. The van der Waals surface area contributed by atoms with Gasteiger partial charge in [-0.2, -0.15) is 0 Å². The Morgan fingerprint density at radius 1 is 0.944 bits per heavy atom. The van der Waals surface area contributed by atoms with E-state index in [9.17, 15) is 9.59 Å². The van der Waals surface area contributed by atoms with Crippen LogP contribution in [0.5, 0.6) is 11.5 Å². The summed E-state index contributed by atoms with van der Waals surface area (Å²) in [5, 5.41) is 5.87. The highest BCUT2D eigenvalue weighted by atomic mass is 16.5. The quantitative estimate of drug-likeness (QED) is 0.437. The first kappa shape index (κ1) is 25.3. The number of aryl methyl sites for hydroxylation is 1. The predicted molar refractivity (Wildman–Crippen MR) is 141 cm³/mol. The fraction of sp³-hybridized carbons (Fsp3) is 0.310. The van der Waals surface area contributed by atoms with Gasteiger partial charge in [-0.1, -0.05) is 35.9 Å². The fourth-order valence-corrected chi connectivity index (χ4v) is 4.34. The number of carbonyl (C=O) groups is 2. The zero-order chi connectivity index (χ0) is 25.3. The Kier molecular flexibility index (Phi) is 8.57. The summed E-state index contributed by atoms with van der Waals surface area (Å²) < 4.78 is 10.7. The van der Waals surface area contributed by atoms with E-state index >= 15 is 0 Å². The third-order valence-corrected chi connectivity index (χ3v) is 6.34. The van der Waals surface area contributed by atoms with E-state index in [1.54, 1.807) is 55.6 Å². The van der Waals surface area contributed by atoms with Crippen LogP contribution < -0.4 is 20.1 Å². The average Bonchev–Trinajstić information content (AvgIpc) is 3.43. The van der Waals surface area contributed by atoms with E-state index in [1.807, 2.05) is 0 Å². The number of anilines is 1. The molecule has 1 unspecified atom stereocenters. The van der Waals surface area contributed by atoms with Crippen molar-refractivity contribution in [1.29, 1.82) is 0 Å². The maximum atomic E-state index is 12.8. The Morgan fingerprint density at radius 2 is 1.67 bits per heavy atom. The molecule has 1 heterocycles. The molecule has 2 N–H and O–H groups in total. The molecule has 0 aromatic heterocycles. The first-order valence-electron chi connectivity index (χ1n) is 12.3. The minimum Gasteiger partial charge on any atom is -0.497 e. The molecule has 0 spiro atoms. The summed E-state index contributed by atoms with van der Waals surface area (Å²) in [7, 11) is 1.57. The summed E-state index contributed by atoms with van der Waals surface area (Å²) in [4.78, 5) is 27.5.